The fourth-order valence-electron chi connectivity index (χ4n) is 2.95. The second kappa shape index (κ2) is 5.75. The third-order valence-corrected chi connectivity index (χ3v) is 4.99. The quantitative estimate of drug-likeness (QED) is 0.637. The molecule has 0 saturated carbocycles. The van der Waals surface area contributed by atoms with Crippen molar-refractivity contribution in [3.63, 3.8) is 0 Å². The zero-order chi connectivity index (χ0) is 14.1. The van der Waals surface area contributed by atoms with Gasteiger partial charge in [-0.1, -0.05) is 41.9 Å². The Bertz CT molecular complexity index is 624. The molecule has 0 spiro atoms. The lowest BCUT2D eigenvalue weighted by Gasteiger charge is -2.30. The largest absolute Gasteiger partial charge is 0.207 e. The summed E-state index contributed by atoms with van der Waals surface area (Å²) in [5.74, 6) is 0.0460. The van der Waals surface area contributed by atoms with Crippen molar-refractivity contribution in [2.45, 2.75) is 24.6 Å². The van der Waals surface area contributed by atoms with E-state index in [-0.39, 0.29) is 11.2 Å². The van der Waals surface area contributed by atoms with E-state index in [1.165, 1.54) is 23.3 Å². The Morgan fingerprint density at radius 3 is 2.75 bits per heavy atom. The van der Waals surface area contributed by atoms with Crippen LogP contribution in [0.15, 0.2) is 42.5 Å². The van der Waals surface area contributed by atoms with Gasteiger partial charge in [-0.2, -0.15) is 0 Å². The van der Waals surface area contributed by atoms with Gasteiger partial charge in [-0.15, -0.1) is 11.6 Å². The molecule has 1 aliphatic carbocycles. The van der Waals surface area contributed by atoms with Crippen molar-refractivity contribution in [2.75, 3.05) is 0 Å². The van der Waals surface area contributed by atoms with Gasteiger partial charge < -0.3 is 0 Å². The summed E-state index contributed by atoms with van der Waals surface area (Å²) in [5, 5.41) is 0.494. The Labute approximate surface area is 128 Å². The van der Waals surface area contributed by atoms with Crippen LogP contribution in [0.3, 0.4) is 0 Å². The number of hydrogen-bond donors (Lipinski definition) is 0. The minimum atomic E-state index is -0.296. The SMILES string of the molecule is Fc1ccc(CC2CCc3ccccc3C2Cl)c(Cl)c1. The van der Waals surface area contributed by atoms with Gasteiger partial charge in [0.2, 0.25) is 0 Å². The van der Waals surface area contributed by atoms with Crippen LogP contribution in [0.25, 0.3) is 0 Å². The first-order valence-electron chi connectivity index (χ1n) is 6.81. The Balaban J connectivity index is 1.83. The molecule has 0 N–H and O–H groups in total. The number of benzene rings is 2. The van der Waals surface area contributed by atoms with Crippen molar-refractivity contribution < 1.29 is 4.39 Å². The topological polar surface area (TPSA) is 0 Å². The molecule has 2 unspecified atom stereocenters. The molecule has 0 nitrogen and oxygen atoms in total. The van der Waals surface area contributed by atoms with Gasteiger partial charge in [-0.3, -0.25) is 0 Å². The van der Waals surface area contributed by atoms with Crippen LogP contribution in [0.4, 0.5) is 4.39 Å². The van der Waals surface area contributed by atoms with Crippen molar-refractivity contribution in [2.24, 2.45) is 5.92 Å². The molecule has 3 rings (SSSR count). The summed E-state index contributed by atoms with van der Waals surface area (Å²) < 4.78 is 13.1. The van der Waals surface area contributed by atoms with Gasteiger partial charge >= 0.3 is 0 Å². The molecule has 1 aliphatic rings. The predicted octanol–water partition coefficient (Wildman–Crippen LogP) is 5.56. The summed E-state index contributed by atoms with van der Waals surface area (Å²) >= 11 is 12.7. The highest BCUT2D eigenvalue weighted by Crippen LogP contribution is 2.41. The molecule has 20 heavy (non-hydrogen) atoms. The van der Waals surface area contributed by atoms with Crippen molar-refractivity contribution in [3.8, 4) is 0 Å². The molecular weight excluding hydrogens is 294 g/mol. The molecule has 0 aliphatic heterocycles. The number of hydrogen-bond acceptors (Lipinski definition) is 0. The van der Waals surface area contributed by atoms with Gasteiger partial charge in [-0.25, -0.2) is 4.39 Å². The Hall–Kier alpha value is -1.05. The van der Waals surface area contributed by atoms with Gasteiger partial charge in [0.25, 0.3) is 0 Å². The molecule has 0 heterocycles. The summed E-state index contributed by atoms with van der Waals surface area (Å²) in [7, 11) is 0. The van der Waals surface area contributed by atoms with Crippen LogP contribution in [0.5, 0.6) is 0 Å². The van der Waals surface area contributed by atoms with E-state index in [0.29, 0.717) is 10.9 Å². The van der Waals surface area contributed by atoms with Crippen molar-refractivity contribution in [3.05, 3.63) is 70.0 Å². The maximum absolute atomic E-state index is 13.1. The molecule has 0 aromatic heterocycles. The maximum atomic E-state index is 13.1. The van der Waals surface area contributed by atoms with Gasteiger partial charge in [-0.05, 0) is 54.0 Å². The second-order valence-corrected chi connectivity index (χ2v) is 6.22. The Kier molecular flexibility index (Phi) is 4.00. The predicted molar refractivity (Wildman–Crippen MR) is 82.0 cm³/mol. The minimum Gasteiger partial charge on any atom is -0.207 e. The molecule has 0 fully saturated rings. The normalized spacial score (nSPS) is 21.6. The average Bonchev–Trinajstić information content (AvgIpc) is 2.45. The monoisotopic (exact) mass is 308 g/mol. The molecule has 0 saturated heterocycles. The van der Waals surface area contributed by atoms with Gasteiger partial charge in [0, 0.05) is 5.02 Å². The third-order valence-electron chi connectivity index (χ3n) is 4.05. The molecule has 104 valence electrons. The molecule has 0 bridgehead atoms. The lowest BCUT2D eigenvalue weighted by Crippen LogP contribution is -2.19. The third kappa shape index (κ3) is 2.70. The van der Waals surface area contributed by atoms with Crippen LogP contribution < -0.4 is 0 Å². The molecule has 0 radical (unpaired) electrons. The minimum absolute atomic E-state index is 0.000990. The Morgan fingerprint density at radius 1 is 1.15 bits per heavy atom. The lowest BCUT2D eigenvalue weighted by molar-refractivity contribution is 0.442. The number of aryl methyl sites for hydroxylation is 1. The first-order chi connectivity index (χ1) is 9.65. The lowest BCUT2D eigenvalue weighted by atomic mass is 9.80. The summed E-state index contributed by atoms with van der Waals surface area (Å²) in [5.41, 5.74) is 3.54. The van der Waals surface area contributed by atoms with E-state index in [1.54, 1.807) is 6.07 Å². The van der Waals surface area contributed by atoms with E-state index in [0.717, 1.165) is 24.8 Å². The zero-order valence-corrected chi connectivity index (χ0v) is 12.5. The van der Waals surface area contributed by atoms with Crippen LogP contribution in [0.1, 0.15) is 28.5 Å². The number of alkyl halides is 1. The van der Waals surface area contributed by atoms with E-state index >= 15 is 0 Å². The first kappa shape index (κ1) is 13.9. The molecule has 0 amide bonds. The van der Waals surface area contributed by atoms with Crippen LogP contribution in [0.2, 0.25) is 5.02 Å². The Morgan fingerprint density at radius 2 is 1.95 bits per heavy atom. The summed E-state index contributed by atoms with van der Waals surface area (Å²) in [6, 6.07) is 12.9. The summed E-state index contributed by atoms with van der Waals surface area (Å²) in [6.45, 7) is 0. The maximum Gasteiger partial charge on any atom is 0.124 e. The molecule has 2 aromatic rings. The smallest absolute Gasteiger partial charge is 0.124 e. The van der Waals surface area contributed by atoms with Gasteiger partial charge in [0.05, 0.1) is 5.38 Å². The fraction of sp³-hybridized carbons (Fsp3) is 0.294. The van der Waals surface area contributed by atoms with Gasteiger partial charge in [0.1, 0.15) is 5.82 Å². The average molecular weight is 309 g/mol. The van der Waals surface area contributed by atoms with E-state index < -0.39 is 0 Å². The van der Waals surface area contributed by atoms with E-state index in [9.17, 15) is 4.39 Å². The van der Waals surface area contributed by atoms with Crippen LogP contribution in [-0.2, 0) is 12.8 Å². The summed E-state index contributed by atoms with van der Waals surface area (Å²) in [4.78, 5) is 0. The number of fused-ring (bicyclic) bond motifs is 1. The van der Waals surface area contributed by atoms with Crippen molar-refractivity contribution in [1.29, 1.82) is 0 Å². The molecule has 3 heteroatoms. The van der Waals surface area contributed by atoms with Crippen LogP contribution in [0, 0.1) is 11.7 Å². The van der Waals surface area contributed by atoms with E-state index in [2.05, 4.69) is 18.2 Å². The highest BCUT2D eigenvalue weighted by atomic mass is 35.5. The van der Waals surface area contributed by atoms with Crippen molar-refractivity contribution >= 4 is 23.2 Å². The molecule has 2 atom stereocenters. The first-order valence-corrected chi connectivity index (χ1v) is 7.62. The zero-order valence-electron chi connectivity index (χ0n) is 11.0. The highest BCUT2D eigenvalue weighted by Gasteiger charge is 2.28. The summed E-state index contributed by atoms with van der Waals surface area (Å²) in [6.07, 6.45) is 2.88. The van der Waals surface area contributed by atoms with Crippen molar-refractivity contribution in [1.82, 2.24) is 0 Å². The molecular formula is C17H15Cl2F. The molecule has 2 aromatic carbocycles. The highest BCUT2D eigenvalue weighted by molar-refractivity contribution is 6.31. The number of rotatable bonds is 2. The standard InChI is InChI=1S/C17H15Cl2F/c18-16-10-14(20)8-7-12(16)9-13-6-5-11-3-1-2-4-15(11)17(13)19/h1-4,7-8,10,13,17H,5-6,9H2. The second-order valence-electron chi connectivity index (χ2n) is 5.34. The van der Waals surface area contributed by atoms with E-state index in [4.69, 9.17) is 23.2 Å². The van der Waals surface area contributed by atoms with E-state index in [1.807, 2.05) is 6.07 Å². The van der Waals surface area contributed by atoms with Gasteiger partial charge in [0.15, 0.2) is 0 Å². The fourth-order valence-corrected chi connectivity index (χ4v) is 3.62. The van der Waals surface area contributed by atoms with Crippen LogP contribution >= 0.6 is 23.2 Å². The van der Waals surface area contributed by atoms with Crippen LogP contribution in [-0.4, -0.2) is 0 Å². The number of halogens is 3.